The minimum atomic E-state index is -0.993. The SMILES string of the molecule is CCCCCCCCCCCCCCCCCCCC(=O)Oc1ccc2c3c1O[C@H]1C(=O)CC[C@@]4(O)C(C2)N(CC2CC2)CC[C@]314. The average molecular weight is 636 g/mol. The molecule has 0 aromatic heterocycles. The van der Waals surface area contributed by atoms with Crippen molar-refractivity contribution in [2.45, 2.75) is 184 Å². The van der Waals surface area contributed by atoms with Crippen LogP contribution in [0.5, 0.6) is 11.5 Å². The summed E-state index contributed by atoms with van der Waals surface area (Å²) in [5, 5.41) is 12.4. The Hall–Kier alpha value is -1.92. The number of unbranched alkanes of at least 4 members (excludes halogenated alkanes) is 16. The van der Waals surface area contributed by atoms with Crippen LogP contribution in [0.4, 0.5) is 0 Å². The molecule has 2 saturated carbocycles. The number of ketones is 1. The van der Waals surface area contributed by atoms with Crippen LogP contribution in [-0.2, 0) is 21.4 Å². The first-order chi connectivity index (χ1) is 22.5. The van der Waals surface area contributed by atoms with Crippen molar-refractivity contribution >= 4 is 11.8 Å². The van der Waals surface area contributed by atoms with Gasteiger partial charge in [-0.2, -0.15) is 0 Å². The summed E-state index contributed by atoms with van der Waals surface area (Å²) in [4.78, 5) is 28.7. The topological polar surface area (TPSA) is 76.1 Å². The highest BCUT2D eigenvalue weighted by Crippen LogP contribution is 2.65. The minimum absolute atomic E-state index is 0.00705. The molecule has 4 atom stereocenters. The molecule has 5 aliphatic rings. The number of esters is 1. The zero-order chi connectivity index (χ0) is 32.0. The lowest BCUT2D eigenvalue weighted by molar-refractivity contribution is -0.188. The zero-order valence-electron chi connectivity index (χ0n) is 28.8. The molecule has 3 aliphatic carbocycles. The summed E-state index contributed by atoms with van der Waals surface area (Å²) in [5.41, 5.74) is 0.382. The second kappa shape index (κ2) is 15.5. The number of rotatable bonds is 21. The molecular formula is C40H61NO5. The molecule has 6 heteroatoms. The van der Waals surface area contributed by atoms with Gasteiger partial charge in [0.2, 0.25) is 0 Å². The van der Waals surface area contributed by atoms with Crippen molar-refractivity contribution in [2.24, 2.45) is 5.92 Å². The van der Waals surface area contributed by atoms with E-state index in [1.807, 2.05) is 6.07 Å². The van der Waals surface area contributed by atoms with E-state index in [2.05, 4.69) is 17.9 Å². The number of hydrogen-bond donors (Lipinski definition) is 1. The lowest BCUT2D eigenvalue weighted by Crippen LogP contribution is -2.76. The number of carbonyl (C=O) groups is 2. The summed E-state index contributed by atoms with van der Waals surface area (Å²) in [6.07, 6.45) is 26.9. The number of hydrogen-bond acceptors (Lipinski definition) is 6. The maximum atomic E-state index is 13.3. The van der Waals surface area contributed by atoms with Crippen molar-refractivity contribution in [1.82, 2.24) is 4.90 Å². The summed E-state index contributed by atoms with van der Waals surface area (Å²) in [7, 11) is 0. The van der Waals surface area contributed by atoms with Gasteiger partial charge in [0.05, 0.1) is 11.0 Å². The van der Waals surface area contributed by atoms with Crippen LogP contribution in [0.2, 0.25) is 0 Å². The number of ether oxygens (including phenoxy) is 2. The van der Waals surface area contributed by atoms with E-state index in [0.717, 1.165) is 49.4 Å². The fourth-order valence-corrected chi connectivity index (χ4v) is 9.50. The second-order valence-corrected chi connectivity index (χ2v) is 15.6. The smallest absolute Gasteiger partial charge is 0.311 e. The van der Waals surface area contributed by atoms with Crippen LogP contribution in [0, 0.1) is 5.92 Å². The van der Waals surface area contributed by atoms with Crippen LogP contribution in [0.3, 0.4) is 0 Å². The van der Waals surface area contributed by atoms with Gasteiger partial charge < -0.3 is 14.6 Å². The fourth-order valence-electron chi connectivity index (χ4n) is 9.50. The third-order valence-corrected chi connectivity index (χ3v) is 12.3. The predicted octanol–water partition coefficient (Wildman–Crippen LogP) is 8.77. The van der Waals surface area contributed by atoms with Crippen LogP contribution in [0.15, 0.2) is 12.1 Å². The van der Waals surface area contributed by atoms with Crippen LogP contribution in [-0.4, -0.2) is 52.6 Å². The van der Waals surface area contributed by atoms with E-state index in [1.54, 1.807) is 0 Å². The zero-order valence-corrected chi connectivity index (χ0v) is 28.8. The Morgan fingerprint density at radius 3 is 2.11 bits per heavy atom. The summed E-state index contributed by atoms with van der Waals surface area (Å²) >= 11 is 0. The minimum Gasteiger partial charge on any atom is -0.477 e. The standard InChI is InChI=1S/C40H61NO5/c1-2-3-4-5-6-7-8-9-10-11-12-13-14-15-16-17-18-19-35(43)45-33-23-22-31-28-34-40(44)25-24-32(42)38-39(40,36(31)37(33)46-38)26-27-41(34)29-30-20-21-30/h22-23,30,34,38,44H,2-21,24-29H2,1H3/t34?,38-,39-,40+/m0/s1. The maximum Gasteiger partial charge on any atom is 0.311 e. The van der Waals surface area contributed by atoms with Gasteiger partial charge in [-0.05, 0) is 62.6 Å². The van der Waals surface area contributed by atoms with Crippen molar-refractivity contribution in [1.29, 1.82) is 0 Å². The van der Waals surface area contributed by atoms with Gasteiger partial charge in [0.1, 0.15) is 0 Å². The van der Waals surface area contributed by atoms with Gasteiger partial charge in [-0.25, -0.2) is 0 Å². The molecule has 1 unspecified atom stereocenters. The lowest BCUT2D eigenvalue weighted by atomic mass is 9.49. The van der Waals surface area contributed by atoms with Crippen LogP contribution in [0.25, 0.3) is 0 Å². The lowest BCUT2D eigenvalue weighted by Gasteiger charge is -2.62. The van der Waals surface area contributed by atoms with Gasteiger partial charge in [-0.15, -0.1) is 0 Å². The Bertz CT molecular complexity index is 1190. The number of piperidine rings is 1. The van der Waals surface area contributed by atoms with E-state index in [0.29, 0.717) is 37.2 Å². The Morgan fingerprint density at radius 2 is 1.50 bits per heavy atom. The predicted molar refractivity (Wildman–Crippen MR) is 183 cm³/mol. The Balaban J connectivity index is 0.912. The van der Waals surface area contributed by atoms with E-state index >= 15 is 0 Å². The van der Waals surface area contributed by atoms with Gasteiger partial charge in [-0.1, -0.05) is 116 Å². The molecule has 1 saturated heterocycles. The molecule has 2 heterocycles. The third kappa shape index (κ3) is 7.09. The van der Waals surface area contributed by atoms with E-state index in [-0.39, 0.29) is 17.8 Å². The highest BCUT2D eigenvalue weighted by atomic mass is 16.6. The van der Waals surface area contributed by atoms with Crippen LogP contribution >= 0.6 is 0 Å². The first-order valence-electron chi connectivity index (χ1n) is 19.5. The highest BCUT2D eigenvalue weighted by molar-refractivity contribution is 5.90. The number of Topliss-reactive ketones (excluding diaryl/α,β-unsaturated/α-hetero) is 1. The summed E-state index contributed by atoms with van der Waals surface area (Å²) in [6, 6.07) is 3.94. The molecule has 3 fully saturated rings. The van der Waals surface area contributed by atoms with E-state index in [1.165, 1.54) is 109 Å². The van der Waals surface area contributed by atoms with Crippen molar-refractivity contribution in [3.05, 3.63) is 23.3 Å². The van der Waals surface area contributed by atoms with Crippen LogP contribution in [0.1, 0.15) is 166 Å². The summed E-state index contributed by atoms with van der Waals surface area (Å²) < 4.78 is 12.4. The summed E-state index contributed by atoms with van der Waals surface area (Å²) in [5.74, 6) is 1.55. The van der Waals surface area contributed by atoms with Gasteiger partial charge in [0.15, 0.2) is 23.4 Å². The molecule has 1 spiro atoms. The first-order valence-corrected chi connectivity index (χ1v) is 19.5. The highest BCUT2D eigenvalue weighted by Gasteiger charge is 2.73. The van der Waals surface area contributed by atoms with Crippen molar-refractivity contribution < 1.29 is 24.2 Å². The molecule has 1 N–H and O–H groups in total. The average Bonchev–Trinajstić information content (AvgIpc) is 3.79. The number of aliphatic hydroxyl groups is 1. The van der Waals surface area contributed by atoms with Gasteiger partial charge in [-0.3, -0.25) is 14.5 Å². The largest absolute Gasteiger partial charge is 0.477 e. The monoisotopic (exact) mass is 635 g/mol. The molecule has 6 nitrogen and oxygen atoms in total. The van der Waals surface area contributed by atoms with E-state index < -0.39 is 17.1 Å². The first kappa shape index (κ1) is 34.0. The Morgan fingerprint density at radius 1 is 0.891 bits per heavy atom. The normalized spacial score (nSPS) is 27.8. The number of carbonyl (C=O) groups excluding carboxylic acids is 2. The van der Waals surface area contributed by atoms with Crippen molar-refractivity contribution in [3.63, 3.8) is 0 Å². The van der Waals surface area contributed by atoms with Gasteiger partial charge in [0.25, 0.3) is 0 Å². The molecular weight excluding hydrogens is 574 g/mol. The molecule has 6 rings (SSSR count). The molecule has 46 heavy (non-hydrogen) atoms. The number of benzene rings is 1. The quantitative estimate of drug-likeness (QED) is 0.0827. The molecule has 1 aromatic rings. The van der Waals surface area contributed by atoms with E-state index in [9.17, 15) is 14.7 Å². The molecule has 256 valence electrons. The number of likely N-dealkylation sites (tertiary alicyclic amines) is 1. The van der Waals surface area contributed by atoms with Gasteiger partial charge >= 0.3 is 5.97 Å². The Labute approximate surface area is 278 Å². The van der Waals surface area contributed by atoms with Crippen molar-refractivity contribution in [3.8, 4) is 11.5 Å². The third-order valence-electron chi connectivity index (χ3n) is 12.3. The second-order valence-electron chi connectivity index (χ2n) is 15.6. The molecule has 2 bridgehead atoms. The molecule has 1 aromatic carbocycles. The van der Waals surface area contributed by atoms with E-state index in [4.69, 9.17) is 9.47 Å². The molecule has 0 radical (unpaired) electrons. The van der Waals surface area contributed by atoms with Gasteiger partial charge in [0, 0.05) is 31.0 Å². The number of nitrogens with zero attached hydrogens (tertiary/aromatic N) is 1. The van der Waals surface area contributed by atoms with Crippen LogP contribution < -0.4 is 9.47 Å². The fraction of sp³-hybridized carbons (Fsp3) is 0.800. The maximum absolute atomic E-state index is 13.3. The summed E-state index contributed by atoms with van der Waals surface area (Å²) in [6.45, 7) is 4.20. The van der Waals surface area contributed by atoms with Crippen molar-refractivity contribution in [2.75, 3.05) is 13.1 Å². The molecule has 2 aliphatic heterocycles. The Kier molecular flexibility index (Phi) is 11.5. The molecule has 0 amide bonds.